The highest BCUT2D eigenvalue weighted by Crippen LogP contribution is 2.41. The van der Waals surface area contributed by atoms with Gasteiger partial charge in [-0.25, -0.2) is 4.79 Å². The molecule has 2 aromatic rings. The average molecular weight is 391 g/mol. The lowest BCUT2D eigenvalue weighted by atomic mass is 9.82. The molecule has 5 heteroatoms. The molecule has 1 aliphatic heterocycles. The number of benzene rings is 2. The van der Waals surface area contributed by atoms with Gasteiger partial charge in [0.2, 0.25) is 0 Å². The van der Waals surface area contributed by atoms with Gasteiger partial charge in [0, 0.05) is 11.4 Å². The Labute approximate surface area is 169 Å². The van der Waals surface area contributed by atoms with Gasteiger partial charge in [0.25, 0.3) is 0 Å². The van der Waals surface area contributed by atoms with Gasteiger partial charge in [-0.05, 0) is 25.0 Å². The number of hydrogen-bond donors (Lipinski definition) is 1. The van der Waals surface area contributed by atoms with E-state index >= 15 is 0 Å². The van der Waals surface area contributed by atoms with Crippen molar-refractivity contribution >= 4 is 17.7 Å². The number of ether oxygens (including phenoxy) is 1. The van der Waals surface area contributed by atoms with E-state index in [9.17, 15) is 10.1 Å². The molecule has 0 spiro atoms. The van der Waals surface area contributed by atoms with Crippen molar-refractivity contribution in [2.75, 3.05) is 6.61 Å². The molecule has 0 bridgehead atoms. The molecule has 28 heavy (non-hydrogen) atoms. The number of nitrogens with one attached hydrogen (secondary N) is 1. The van der Waals surface area contributed by atoms with E-state index in [2.05, 4.69) is 23.5 Å². The van der Waals surface area contributed by atoms with E-state index in [0.29, 0.717) is 17.8 Å². The Morgan fingerprint density at radius 3 is 2.39 bits per heavy atom. The van der Waals surface area contributed by atoms with Crippen LogP contribution in [0, 0.1) is 11.3 Å². The summed E-state index contributed by atoms with van der Waals surface area (Å²) in [6.07, 6.45) is 0. The number of hydrogen-bond acceptors (Lipinski definition) is 5. The number of carbonyl (C=O) groups excluding carboxylic acids is 1. The summed E-state index contributed by atoms with van der Waals surface area (Å²) < 4.78 is 5.29. The topological polar surface area (TPSA) is 62.1 Å². The van der Waals surface area contributed by atoms with Crippen LogP contribution in [-0.4, -0.2) is 12.6 Å². The molecule has 0 radical (unpaired) electrons. The van der Waals surface area contributed by atoms with Crippen LogP contribution in [0.2, 0.25) is 0 Å². The van der Waals surface area contributed by atoms with Gasteiger partial charge in [-0.2, -0.15) is 5.26 Å². The first kappa shape index (κ1) is 19.8. The Morgan fingerprint density at radius 2 is 1.79 bits per heavy atom. The Kier molecular flexibility index (Phi) is 6.57. The first-order valence-corrected chi connectivity index (χ1v) is 10.1. The van der Waals surface area contributed by atoms with Crippen LogP contribution < -0.4 is 5.32 Å². The van der Waals surface area contributed by atoms with E-state index in [4.69, 9.17) is 4.74 Å². The van der Waals surface area contributed by atoms with Crippen molar-refractivity contribution in [3.8, 4) is 6.07 Å². The van der Waals surface area contributed by atoms with Crippen LogP contribution in [0.3, 0.4) is 0 Å². The normalized spacial score (nSPS) is 16.4. The number of dihydropyridines is 1. The van der Waals surface area contributed by atoms with Crippen molar-refractivity contribution in [3.05, 3.63) is 93.7 Å². The van der Waals surface area contributed by atoms with Crippen molar-refractivity contribution in [3.63, 3.8) is 0 Å². The molecule has 0 fully saturated rings. The minimum absolute atomic E-state index is 0.290. The number of thioether (sulfide) groups is 1. The molecule has 1 N–H and O–H groups in total. The first-order chi connectivity index (χ1) is 13.7. The second-order valence-corrected chi connectivity index (χ2v) is 7.34. The summed E-state index contributed by atoms with van der Waals surface area (Å²) in [6.45, 7) is 3.93. The van der Waals surface area contributed by atoms with Crippen LogP contribution in [0.5, 0.6) is 0 Å². The molecule has 0 aromatic heterocycles. The van der Waals surface area contributed by atoms with Crippen molar-refractivity contribution in [2.45, 2.75) is 25.5 Å². The SMILES string of the molecule is CCOC(=O)C1=C(C)NC(SCc2ccccc2)=C(C#N)C1c1ccccc1. The zero-order valence-corrected chi connectivity index (χ0v) is 16.8. The van der Waals surface area contributed by atoms with Gasteiger partial charge in [0.1, 0.15) is 0 Å². The predicted molar refractivity (Wildman–Crippen MR) is 112 cm³/mol. The molecule has 0 aliphatic carbocycles. The molecule has 0 saturated carbocycles. The van der Waals surface area contributed by atoms with E-state index in [1.165, 1.54) is 5.56 Å². The fraction of sp³-hybridized carbons (Fsp3) is 0.217. The van der Waals surface area contributed by atoms with E-state index in [-0.39, 0.29) is 5.97 Å². The Balaban J connectivity index is 2.01. The zero-order valence-electron chi connectivity index (χ0n) is 15.9. The maximum absolute atomic E-state index is 12.7. The smallest absolute Gasteiger partial charge is 0.336 e. The third-order valence-corrected chi connectivity index (χ3v) is 5.59. The minimum Gasteiger partial charge on any atom is -0.463 e. The van der Waals surface area contributed by atoms with Gasteiger partial charge < -0.3 is 10.1 Å². The van der Waals surface area contributed by atoms with Crippen LogP contribution >= 0.6 is 11.8 Å². The maximum Gasteiger partial charge on any atom is 0.336 e. The summed E-state index contributed by atoms with van der Waals surface area (Å²) in [6, 6.07) is 22.1. The van der Waals surface area contributed by atoms with Gasteiger partial charge in [-0.1, -0.05) is 60.7 Å². The number of nitrogens with zero attached hydrogens (tertiary/aromatic N) is 1. The molecule has 3 rings (SSSR count). The number of esters is 1. The van der Waals surface area contributed by atoms with Crippen LogP contribution in [0.1, 0.15) is 30.9 Å². The molecule has 1 aliphatic rings. The minimum atomic E-state index is -0.440. The average Bonchev–Trinajstić information content (AvgIpc) is 2.73. The van der Waals surface area contributed by atoms with E-state index < -0.39 is 5.92 Å². The molecule has 1 atom stereocenters. The fourth-order valence-corrected chi connectivity index (χ4v) is 4.26. The van der Waals surface area contributed by atoms with Crippen LogP contribution in [0.15, 0.2) is 82.5 Å². The third-order valence-electron chi connectivity index (χ3n) is 4.50. The molecule has 1 heterocycles. The number of carbonyl (C=O) groups is 1. The molecular formula is C23H22N2O2S. The van der Waals surface area contributed by atoms with Crippen LogP contribution in [0.25, 0.3) is 0 Å². The highest BCUT2D eigenvalue weighted by Gasteiger charge is 2.35. The van der Waals surface area contributed by atoms with Gasteiger partial charge in [-0.15, -0.1) is 11.8 Å². The van der Waals surface area contributed by atoms with Crippen LogP contribution in [0.4, 0.5) is 0 Å². The van der Waals surface area contributed by atoms with Crippen molar-refractivity contribution < 1.29 is 9.53 Å². The quantitative estimate of drug-likeness (QED) is 0.712. The lowest BCUT2D eigenvalue weighted by Crippen LogP contribution is -2.28. The zero-order chi connectivity index (χ0) is 19.9. The number of allylic oxidation sites excluding steroid dienone is 2. The summed E-state index contributed by atoms with van der Waals surface area (Å²) in [7, 11) is 0. The molecule has 2 aromatic carbocycles. The Bertz CT molecular complexity index is 944. The highest BCUT2D eigenvalue weighted by molar-refractivity contribution is 8.02. The summed E-state index contributed by atoms with van der Waals surface area (Å²) in [5.74, 6) is -0.0938. The first-order valence-electron chi connectivity index (χ1n) is 9.16. The molecule has 0 amide bonds. The van der Waals surface area contributed by atoms with E-state index in [1.54, 1.807) is 18.7 Å². The summed E-state index contributed by atoms with van der Waals surface area (Å²) in [4.78, 5) is 12.7. The molecule has 0 saturated heterocycles. The Hall–Kier alpha value is -2.97. The largest absolute Gasteiger partial charge is 0.463 e. The Morgan fingerprint density at radius 1 is 1.14 bits per heavy atom. The maximum atomic E-state index is 12.7. The van der Waals surface area contributed by atoms with Gasteiger partial charge in [0.05, 0.1) is 34.8 Å². The number of nitriles is 1. The van der Waals surface area contributed by atoms with Crippen molar-refractivity contribution in [1.82, 2.24) is 5.32 Å². The monoisotopic (exact) mass is 390 g/mol. The summed E-state index contributed by atoms with van der Waals surface area (Å²) in [5.41, 5.74) is 3.84. The van der Waals surface area contributed by atoms with Gasteiger partial charge in [-0.3, -0.25) is 0 Å². The van der Waals surface area contributed by atoms with Crippen molar-refractivity contribution in [2.24, 2.45) is 0 Å². The molecule has 142 valence electrons. The second kappa shape index (κ2) is 9.29. The number of rotatable bonds is 6. The predicted octanol–water partition coefficient (Wildman–Crippen LogP) is 4.88. The molecule has 1 unspecified atom stereocenters. The lowest BCUT2D eigenvalue weighted by molar-refractivity contribution is -0.138. The summed E-state index contributed by atoms with van der Waals surface area (Å²) >= 11 is 1.57. The second-order valence-electron chi connectivity index (χ2n) is 6.36. The van der Waals surface area contributed by atoms with Crippen LogP contribution in [-0.2, 0) is 15.3 Å². The van der Waals surface area contributed by atoms with Gasteiger partial charge >= 0.3 is 5.97 Å². The van der Waals surface area contributed by atoms with Gasteiger partial charge in [0.15, 0.2) is 0 Å². The molecular weight excluding hydrogens is 368 g/mol. The summed E-state index contributed by atoms with van der Waals surface area (Å²) in [5, 5.41) is 14.0. The lowest BCUT2D eigenvalue weighted by Gasteiger charge is -2.29. The highest BCUT2D eigenvalue weighted by atomic mass is 32.2. The van der Waals surface area contributed by atoms with E-state index in [0.717, 1.165) is 22.0 Å². The fourth-order valence-electron chi connectivity index (χ4n) is 3.21. The third kappa shape index (κ3) is 4.29. The standard InChI is InChI=1S/C23H22N2O2S/c1-3-27-23(26)20-16(2)25-22(28-15-17-10-6-4-7-11-17)19(14-24)21(20)18-12-8-5-9-13-18/h4-13,21,25H,3,15H2,1-2H3. The molecule has 4 nitrogen and oxygen atoms in total. The van der Waals surface area contributed by atoms with Crippen molar-refractivity contribution in [1.29, 1.82) is 5.26 Å². The van der Waals surface area contributed by atoms with E-state index in [1.807, 2.05) is 55.5 Å².